The third kappa shape index (κ3) is 4.96. The van der Waals surface area contributed by atoms with Crippen molar-refractivity contribution in [2.24, 2.45) is 0 Å². The van der Waals surface area contributed by atoms with Gasteiger partial charge in [-0.3, -0.25) is 14.3 Å². The van der Waals surface area contributed by atoms with Crippen LogP contribution in [0.25, 0.3) is 0 Å². The molecule has 2 N–H and O–H groups in total. The van der Waals surface area contributed by atoms with E-state index in [2.05, 4.69) is 15.7 Å². The van der Waals surface area contributed by atoms with Crippen LogP contribution in [-0.2, 0) is 4.79 Å². The monoisotopic (exact) mass is 408 g/mol. The highest BCUT2D eigenvalue weighted by molar-refractivity contribution is 6.05. The van der Waals surface area contributed by atoms with E-state index in [9.17, 15) is 9.59 Å². The molecule has 0 bridgehead atoms. The molecule has 30 heavy (non-hydrogen) atoms. The van der Waals surface area contributed by atoms with Crippen molar-refractivity contribution in [3.8, 4) is 11.5 Å². The van der Waals surface area contributed by atoms with Crippen LogP contribution in [0.15, 0.2) is 60.9 Å². The van der Waals surface area contributed by atoms with E-state index in [1.165, 1.54) is 7.11 Å². The Morgan fingerprint density at radius 3 is 2.50 bits per heavy atom. The molecule has 0 aliphatic rings. The highest BCUT2D eigenvalue weighted by atomic mass is 16.5. The summed E-state index contributed by atoms with van der Waals surface area (Å²) in [4.78, 5) is 25.1. The quantitative estimate of drug-likeness (QED) is 0.592. The first-order valence-electron chi connectivity index (χ1n) is 9.54. The molecule has 1 aromatic heterocycles. The van der Waals surface area contributed by atoms with E-state index < -0.39 is 6.04 Å². The van der Waals surface area contributed by atoms with Crippen molar-refractivity contribution in [1.82, 2.24) is 9.78 Å². The van der Waals surface area contributed by atoms with Crippen LogP contribution in [0.5, 0.6) is 11.5 Å². The van der Waals surface area contributed by atoms with Crippen LogP contribution in [0.4, 0.5) is 11.4 Å². The van der Waals surface area contributed by atoms with Crippen molar-refractivity contribution in [1.29, 1.82) is 0 Å². The first kappa shape index (κ1) is 20.9. The average Bonchev–Trinajstić information content (AvgIpc) is 3.28. The van der Waals surface area contributed by atoms with Crippen molar-refractivity contribution in [2.45, 2.75) is 19.9 Å². The van der Waals surface area contributed by atoms with E-state index >= 15 is 0 Å². The van der Waals surface area contributed by atoms with Crippen LogP contribution in [0.1, 0.15) is 30.2 Å². The Morgan fingerprint density at radius 2 is 1.83 bits per heavy atom. The number of nitrogens with zero attached hydrogens (tertiary/aromatic N) is 2. The van der Waals surface area contributed by atoms with Crippen LogP contribution in [-0.4, -0.2) is 35.3 Å². The number of carbonyl (C=O) groups excluding carboxylic acids is 2. The van der Waals surface area contributed by atoms with Crippen LogP contribution in [0.2, 0.25) is 0 Å². The predicted molar refractivity (Wildman–Crippen MR) is 114 cm³/mol. The predicted octanol–water partition coefficient (Wildman–Crippen LogP) is 3.74. The molecule has 1 heterocycles. The lowest BCUT2D eigenvalue weighted by Gasteiger charge is -2.14. The van der Waals surface area contributed by atoms with E-state index in [0.717, 1.165) is 0 Å². The Labute approximate surface area is 174 Å². The third-order valence-corrected chi connectivity index (χ3v) is 4.41. The Balaban J connectivity index is 1.69. The van der Waals surface area contributed by atoms with Gasteiger partial charge in [0.2, 0.25) is 5.91 Å². The molecule has 0 saturated heterocycles. The van der Waals surface area contributed by atoms with Gasteiger partial charge in [0.1, 0.15) is 6.04 Å². The summed E-state index contributed by atoms with van der Waals surface area (Å²) in [5.74, 6) is 0.550. The number of rotatable bonds is 8. The molecule has 2 aromatic carbocycles. The fraction of sp³-hybridized carbons (Fsp3) is 0.227. The SMILES string of the molecule is CCOc1ccc(C(=O)Nc2cccc(NC(=O)C(C)n3cccn3)c2)cc1OC. The number of nitrogens with one attached hydrogen (secondary N) is 2. The van der Waals surface area contributed by atoms with E-state index in [0.29, 0.717) is 35.0 Å². The van der Waals surface area contributed by atoms with Crippen molar-refractivity contribution in [3.63, 3.8) is 0 Å². The van der Waals surface area contributed by atoms with Gasteiger partial charge in [0, 0.05) is 29.3 Å². The van der Waals surface area contributed by atoms with E-state index in [1.54, 1.807) is 72.5 Å². The van der Waals surface area contributed by atoms with Crippen LogP contribution < -0.4 is 20.1 Å². The van der Waals surface area contributed by atoms with E-state index in [-0.39, 0.29) is 11.8 Å². The number of aromatic nitrogens is 2. The minimum Gasteiger partial charge on any atom is -0.493 e. The lowest BCUT2D eigenvalue weighted by Crippen LogP contribution is -2.24. The lowest BCUT2D eigenvalue weighted by molar-refractivity contribution is -0.119. The minimum absolute atomic E-state index is 0.210. The second-order valence-corrected chi connectivity index (χ2v) is 6.48. The smallest absolute Gasteiger partial charge is 0.255 e. The molecule has 1 unspecified atom stereocenters. The van der Waals surface area contributed by atoms with Crippen LogP contribution in [0.3, 0.4) is 0 Å². The van der Waals surface area contributed by atoms with Crippen molar-refractivity contribution in [3.05, 3.63) is 66.5 Å². The molecule has 156 valence electrons. The highest BCUT2D eigenvalue weighted by Crippen LogP contribution is 2.28. The molecule has 0 radical (unpaired) electrons. The number of anilines is 2. The molecule has 3 rings (SSSR count). The number of methoxy groups -OCH3 is 1. The zero-order valence-electron chi connectivity index (χ0n) is 17.1. The Hall–Kier alpha value is -3.81. The van der Waals surface area contributed by atoms with Gasteiger partial charge in [0.15, 0.2) is 11.5 Å². The number of ether oxygens (including phenoxy) is 2. The van der Waals surface area contributed by atoms with Gasteiger partial charge in [0.05, 0.1) is 13.7 Å². The van der Waals surface area contributed by atoms with E-state index in [4.69, 9.17) is 9.47 Å². The summed E-state index contributed by atoms with van der Waals surface area (Å²) in [6.45, 7) is 4.13. The Kier molecular flexibility index (Phi) is 6.69. The Morgan fingerprint density at radius 1 is 1.07 bits per heavy atom. The fourth-order valence-corrected chi connectivity index (χ4v) is 2.84. The molecule has 0 aliphatic heterocycles. The summed E-state index contributed by atoms with van der Waals surface area (Å²) in [6.07, 6.45) is 3.35. The largest absolute Gasteiger partial charge is 0.493 e. The van der Waals surface area contributed by atoms with Gasteiger partial charge in [-0.25, -0.2) is 0 Å². The van der Waals surface area contributed by atoms with Gasteiger partial charge < -0.3 is 20.1 Å². The first-order chi connectivity index (χ1) is 14.5. The van der Waals surface area contributed by atoms with E-state index in [1.807, 2.05) is 6.92 Å². The number of hydrogen-bond acceptors (Lipinski definition) is 5. The topological polar surface area (TPSA) is 94.5 Å². The molecule has 3 aromatic rings. The summed E-state index contributed by atoms with van der Waals surface area (Å²) >= 11 is 0. The molecule has 0 spiro atoms. The average molecular weight is 408 g/mol. The van der Waals surface area contributed by atoms with Gasteiger partial charge >= 0.3 is 0 Å². The summed E-state index contributed by atoms with van der Waals surface area (Å²) in [6, 6.07) is 13.2. The zero-order chi connectivity index (χ0) is 21.5. The summed E-state index contributed by atoms with van der Waals surface area (Å²) in [7, 11) is 1.52. The number of amides is 2. The third-order valence-electron chi connectivity index (χ3n) is 4.41. The van der Waals surface area contributed by atoms with Gasteiger partial charge in [0.25, 0.3) is 5.91 Å². The first-order valence-corrected chi connectivity index (χ1v) is 9.54. The van der Waals surface area contributed by atoms with Crippen LogP contribution >= 0.6 is 0 Å². The second kappa shape index (κ2) is 9.60. The molecule has 2 amide bonds. The fourth-order valence-electron chi connectivity index (χ4n) is 2.84. The van der Waals surface area contributed by atoms with Gasteiger partial charge in [-0.1, -0.05) is 6.07 Å². The maximum absolute atomic E-state index is 12.6. The second-order valence-electron chi connectivity index (χ2n) is 6.48. The van der Waals surface area contributed by atoms with Gasteiger partial charge in [-0.05, 0) is 56.3 Å². The molecule has 8 nitrogen and oxygen atoms in total. The highest BCUT2D eigenvalue weighted by Gasteiger charge is 2.16. The van der Waals surface area contributed by atoms with Crippen molar-refractivity contribution >= 4 is 23.2 Å². The number of benzene rings is 2. The maximum atomic E-state index is 12.6. The molecule has 8 heteroatoms. The Bertz CT molecular complexity index is 1020. The van der Waals surface area contributed by atoms with Gasteiger partial charge in [-0.15, -0.1) is 0 Å². The summed E-state index contributed by atoms with van der Waals surface area (Å²) in [5, 5.41) is 9.74. The van der Waals surface area contributed by atoms with Gasteiger partial charge in [-0.2, -0.15) is 5.10 Å². The minimum atomic E-state index is -0.463. The molecule has 0 saturated carbocycles. The van der Waals surface area contributed by atoms with Crippen LogP contribution in [0, 0.1) is 0 Å². The molecular formula is C22H24N4O4. The normalized spacial score (nSPS) is 11.4. The lowest BCUT2D eigenvalue weighted by atomic mass is 10.1. The maximum Gasteiger partial charge on any atom is 0.255 e. The molecule has 0 aliphatic carbocycles. The summed E-state index contributed by atoms with van der Waals surface area (Å²) < 4.78 is 12.3. The number of carbonyl (C=O) groups is 2. The molecule has 1 atom stereocenters. The van der Waals surface area contributed by atoms with Crippen molar-refractivity contribution < 1.29 is 19.1 Å². The molecular weight excluding hydrogens is 384 g/mol. The summed E-state index contributed by atoms with van der Waals surface area (Å²) in [5.41, 5.74) is 1.55. The van der Waals surface area contributed by atoms with Crippen molar-refractivity contribution in [2.75, 3.05) is 24.4 Å². The molecule has 0 fully saturated rings. The zero-order valence-corrected chi connectivity index (χ0v) is 17.1. The standard InChI is InChI=1S/C22H24N4O4/c1-4-30-19-10-9-16(13-20(19)29-3)22(28)25-18-8-5-7-17(14-18)24-21(27)15(2)26-12-6-11-23-26/h5-15H,4H2,1-3H3,(H,24,27)(H,25,28). The number of hydrogen-bond donors (Lipinski definition) is 2.